The molecule has 0 aliphatic heterocycles. The number of benzene rings is 1. The van der Waals surface area contributed by atoms with E-state index in [1.165, 1.54) is 6.92 Å². The van der Waals surface area contributed by atoms with E-state index < -0.39 is 11.9 Å². The molecule has 1 aromatic rings. The van der Waals surface area contributed by atoms with Gasteiger partial charge in [0, 0.05) is 12.5 Å². The number of hydrogen-bond donors (Lipinski definition) is 2. The van der Waals surface area contributed by atoms with Crippen LogP contribution >= 0.6 is 34.8 Å². The molecule has 0 aliphatic carbocycles. The summed E-state index contributed by atoms with van der Waals surface area (Å²) in [4.78, 5) is 18.6. The third-order valence-electron chi connectivity index (χ3n) is 1.50. The molecule has 21 heavy (non-hydrogen) atoms. The summed E-state index contributed by atoms with van der Waals surface area (Å²) in [7, 11) is 0. The number of carboxylic acid groups (broad SMARTS) is 2. The fourth-order valence-electron chi connectivity index (χ4n) is 0.615. The van der Waals surface area contributed by atoms with Crippen LogP contribution in [0, 0.1) is 0 Å². The average Bonchev–Trinajstić information content (AvgIpc) is 2.33. The number of carboxylic acids is 2. The van der Waals surface area contributed by atoms with E-state index in [0.717, 1.165) is 6.92 Å². The van der Waals surface area contributed by atoms with Crippen LogP contribution in [0.4, 0.5) is 0 Å². The van der Waals surface area contributed by atoms with Crippen LogP contribution in [0.15, 0.2) is 24.3 Å². The van der Waals surface area contributed by atoms with Gasteiger partial charge in [0.15, 0.2) is 0 Å². The van der Waals surface area contributed by atoms with Gasteiger partial charge in [0.2, 0.25) is 0 Å². The summed E-state index contributed by atoms with van der Waals surface area (Å²) in [6.07, 6.45) is 0. The van der Waals surface area contributed by atoms with Crippen LogP contribution in [0.2, 0.25) is 15.1 Å². The fourth-order valence-corrected chi connectivity index (χ4v) is 1.90. The summed E-state index contributed by atoms with van der Waals surface area (Å²) < 4.78 is 5.03. The van der Waals surface area contributed by atoms with Crippen LogP contribution in [-0.2, 0) is 28.3 Å². The van der Waals surface area contributed by atoms with Gasteiger partial charge in [-0.1, -0.05) is 6.58 Å². The molecule has 0 radical (unpaired) electrons. The molecule has 113 valence electrons. The first-order chi connectivity index (χ1) is 9.52. The van der Waals surface area contributed by atoms with E-state index in [9.17, 15) is 4.79 Å². The van der Waals surface area contributed by atoms with Crippen LogP contribution in [0.3, 0.4) is 0 Å². The molecule has 0 aliphatic rings. The van der Waals surface area contributed by atoms with E-state index in [4.69, 9.17) is 53.4 Å². The van der Waals surface area contributed by atoms with Gasteiger partial charge >= 0.3 is 95.9 Å². The summed E-state index contributed by atoms with van der Waals surface area (Å²) >= 11 is 17.8. The molecular formula is C12H12Cl3O5Zn. The molecule has 0 amide bonds. The molecule has 0 fully saturated rings. The van der Waals surface area contributed by atoms with E-state index in [2.05, 4.69) is 6.58 Å². The topological polar surface area (TPSA) is 83.8 Å². The second kappa shape index (κ2) is 11.8. The van der Waals surface area contributed by atoms with Crippen molar-refractivity contribution in [3.8, 4) is 5.75 Å². The van der Waals surface area contributed by atoms with E-state index in [1.807, 2.05) is 0 Å². The second-order valence-corrected chi connectivity index (χ2v) is 5.27. The molecule has 0 unspecified atom stereocenters. The normalized spacial score (nSPS) is 8.52. The Morgan fingerprint density at radius 1 is 1.10 bits per heavy atom. The third-order valence-corrected chi connectivity index (χ3v) is 3.17. The van der Waals surface area contributed by atoms with Crippen molar-refractivity contribution >= 4 is 46.7 Å². The average molecular weight is 408 g/mol. The van der Waals surface area contributed by atoms with Crippen molar-refractivity contribution < 1.29 is 42.0 Å². The number of rotatable bonds is 2. The predicted molar refractivity (Wildman–Crippen MR) is 77.9 cm³/mol. The number of hydrogen-bond acceptors (Lipinski definition) is 3. The Labute approximate surface area is 147 Å². The summed E-state index contributed by atoms with van der Waals surface area (Å²) in [6, 6.07) is 3.17. The van der Waals surface area contributed by atoms with Crippen molar-refractivity contribution in [3.05, 3.63) is 39.4 Å². The summed E-state index contributed by atoms with van der Waals surface area (Å²) in [5.41, 5.74) is 0.176. The second-order valence-electron chi connectivity index (χ2n) is 3.45. The maximum absolute atomic E-state index is 9.60. The SMILES string of the molecule is C=C(C)C(=O)O.CC(=O)O.Clc1cc(Cl)c([O][Zn])cc1Cl. The standard InChI is InChI=1S/C6H3Cl3O.C4H6O2.C2H4O2.Zn/c7-3-1-5(9)6(10)2-4(3)8;1-3(2)4(5)6;1-2(3)4;/h1-2,10H;1H2,2H3,(H,5,6);1H3,(H,3,4);/q;;;+1/p-1. The molecule has 0 saturated carbocycles. The van der Waals surface area contributed by atoms with Gasteiger partial charge in [-0.25, -0.2) is 4.79 Å². The first kappa shape index (κ1) is 22.5. The Bertz CT molecular complexity index is 504. The molecule has 2 N–H and O–H groups in total. The predicted octanol–water partition coefficient (Wildman–Crippen LogP) is 4.23. The van der Waals surface area contributed by atoms with Gasteiger partial charge in [-0.3, -0.25) is 4.79 Å². The molecule has 9 heteroatoms. The Hall–Kier alpha value is -0.807. The third kappa shape index (κ3) is 12.6. The Balaban J connectivity index is 0. The van der Waals surface area contributed by atoms with Crippen molar-refractivity contribution in [2.45, 2.75) is 13.8 Å². The first-order valence-electron chi connectivity index (χ1n) is 5.17. The molecule has 0 saturated heterocycles. The van der Waals surface area contributed by atoms with E-state index in [1.54, 1.807) is 12.1 Å². The van der Waals surface area contributed by atoms with E-state index in [-0.39, 0.29) is 5.57 Å². The quantitative estimate of drug-likeness (QED) is 0.435. The molecule has 1 aromatic carbocycles. The van der Waals surface area contributed by atoms with Crippen molar-refractivity contribution in [1.82, 2.24) is 0 Å². The summed E-state index contributed by atoms with van der Waals surface area (Å²) in [5.74, 6) is -1.18. The molecule has 0 bridgehead atoms. The minimum atomic E-state index is -0.935. The molecule has 0 aromatic heterocycles. The zero-order valence-electron chi connectivity index (χ0n) is 11.3. The van der Waals surface area contributed by atoms with Crippen molar-refractivity contribution in [1.29, 1.82) is 0 Å². The molecule has 5 nitrogen and oxygen atoms in total. The van der Waals surface area contributed by atoms with Crippen molar-refractivity contribution in [2.75, 3.05) is 0 Å². The van der Waals surface area contributed by atoms with Crippen LogP contribution in [0.5, 0.6) is 5.75 Å². The molecule has 0 heterocycles. The zero-order valence-corrected chi connectivity index (χ0v) is 16.6. The van der Waals surface area contributed by atoms with Crippen LogP contribution in [0.25, 0.3) is 0 Å². The number of halogens is 3. The van der Waals surface area contributed by atoms with Gasteiger partial charge in [-0.2, -0.15) is 0 Å². The number of aliphatic carboxylic acids is 2. The fraction of sp³-hybridized carbons (Fsp3) is 0.167. The van der Waals surface area contributed by atoms with Gasteiger partial charge in [0.05, 0.1) is 0 Å². The Kier molecular flexibility index (Phi) is 12.6. The summed E-state index contributed by atoms with van der Waals surface area (Å²) in [5, 5.41) is 16.7. The molecule has 1 rings (SSSR count). The molecule has 0 spiro atoms. The van der Waals surface area contributed by atoms with Crippen molar-refractivity contribution in [3.63, 3.8) is 0 Å². The Morgan fingerprint density at radius 2 is 1.43 bits per heavy atom. The summed E-state index contributed by atoms with van der Waals surface area (Å²) in [6.45, 7) is 5.69. The van der Waals surface area contributed by atoms with Gasteiger partial charge < -0.3 is 10.2 Å². The van der Waals surface area contributed by atoms with Crippen LogP contribution in [-0.4, -0.2) is 22.2 Å². The van der Waals surface area contributed by atoms with Crippen LogP contribution in [0.1, 0.15) is 13.8 Å². The van der Waals surface area contributed by atoms with Gasteiger partial charge in [-0.05, 0) is 6.92 Å². The maximum atomic E-state index is 9.60. The van der Waals surface area contributed by atoms with Gasteiger partial charge in [-0.15, -0.1) is 0 Å². The number of carbonyl (C=O) groups is 2. The first-order valence-corrected chi connectivity index (χ1v) is 7.52. The van der Waals surface area contributed by atoms with E-state index in [0.29, 0.717) is 39.5 Å². The molecular weight excluding hydrogens is 396 g/mol. The van der Waals surface area contributed by atoms with Gasteiger partial charge in [0.25, 0.3) is 5.97 Å². The zero-order chi connectivity index (χ0) is 17.2. The van der Waals surface area contributed by atoms with Gasteiger partial charge in [0.1, 0.15) is 0 Å². The molecule has 0 atom stereocenters. The monoisotopic (exact) mass is 405 g/mol. The Morgan fingerprint density at radius 3 is 1.71 bits per heavy atom. The van der Waals surface area contributed by atoms with Crippen LogP contribution < -0.4 is 3.56 Å². The van der Waals surface area contributed by atoms with Crippen molar-refractivity contribution in [2.24, 2.45) is 0 Å². The van der Waals surface area contributed by atoms with E-state index >= 15 is 0 Å². The minimum absolute atomic E-state index is 0.176.